The van der Waals surface area contributed by atoms with Crippen LogP contribution in [0.15, 0.2) is 59.1 Å². The summed E-state index contributed by atoms with van der Waals surface area (Å²) in [7, 11) is 3.78. The minimum absolute atomic E-state index is 0.0150. The number of nitrogens with zero attached hydrogens (tertiary/aromatic N) is 3. The van der Waals surface area contributed by atoms with E-state index in [0.717, 1.165) is 54.5 Å². The standard InChI is InChI=1S/C26H28N4O3/c1-29-22-11-19(32-2)8-9-20(22)24-25(29)21(13-31)27-14-26(24)15-30(16-26)12-18-10-23(33-28-18)17-6-4-3-5-7-17/h3-11,21,27,31H,12-16H2,1-2H3/t21-/m1/s1. The molecular weight excluding hydrogens is 416 g/mol. The molecule has 33 heavy (non-hydrogen) atoms. The maximum Gasteiger partial charge on any atom is 0.167 e. The Bertz CT molecular complexity index is 1300. The number of methoxy groups -OCH3 is 1. The highest BCUT2D eigenvalue weighted by Crippen LogP contribution is 2.47. The largest absolute Gasteiger partial charge is 0.497 e. The number of aliphatic hydroxyl groups is 1. The number of nitrogens with one attached hydrogen (secondary N) is 1. The molecule has 0 aliphatic carbocycles. The lowest BCUT2D eigenvalue weighted by Crippen LogP contribution is -2.65. The molecule has 1 fully saturated rings. The van der Waals surface area contributed by atoms with E-state index in [1.807, 2.05) is 42.5 Å². The molecule has 2 aliphatic heterocycles. The van der Waals surface area contributed by atoms with Crippen LogP contribution in [0.2, 0.25) is 0 Å². The Hall–Kier alpha value is -3.13. The Morgan fingerprint density at radius 1 is 1.18 bits per heavy atom. The van der Waals surface area contributed by atoms with Crippen LogP contribution in [0.1, 0.15) is 23.0 Å². The quantitative estimate of drug-likeness (QED) is 0.492. The van der Waals surface area contributed by atoms with Crippen LogP contribution in [0.5, 0.6) is 5.75 Å². The number of hydrogen-bond acceptors (Lipinski definition) is 6. The fraction of sp³-hybridized carbons (Fsp3) is 0.346. The van der Waals surface area contributed by atoms with Gasteiger partial charge < -0.3 is 24.3 Å². The average Bonchev–Trinajstić information content (AvgIpc) is 3.42. The van der Waals surface area contributed by atoms with E-state index in [9.17, 15) is 5.11 Å². The molecule has 7 heteroatoms. The molecule has 0 bridgehead atoms. The molecule has 0 radical (unpaired) electrons. The van der Waals surface area contributed by atoms with Gasteiger partial charge in [0.2, 0.25) is 0 Å². The van der Waals surface area contributed by atoms with Crippen molar-refractivity contribution in [2.24, 2.45) is 7.05 Å². The van der Waals surface area contributed by atoms with E-state index in [1.165, 1.54) is 16.6 Å². The molecule has 2 aromatic heterocycles. The number of ether oxygens (including phenoxy) is 1. The predicted molar refractivity (Wildman–Crippen MR) is 126 cm³/mol. The Balaban J connectivity index is 1.29. The predicted octanol–water partition coefficient (Wildman–Crippen LogP) is 3.23. The van der Waals surface area contributed by atoms with Gasteiger partial charge >= 0.3 is 0 Å². The van der Waals surface area contributed by atoms with Crippen molar-refractivity contribution in [2.45, 2.75) is 18.0 Å². The Labute approximate surface area is 192 Å². The van der Waals surface area contributed by atoms with Gasteiger partial charge in [0.25, 0.3) is 0 Å². The summed E-state index contributed by atoms with van der Waals surface area (Å²) in [5, 5.41) is 19.2. The smallest absolute Gasteiger partial charge is 0.167 e. The third-order valence-corrected chi connectivity index (χ3v) is 7.24. The zero-order valence-electron chi connectivity index (χ0n) is 18.9. The molecule has 170 valence electrons. The van der Waals surface area contributed by atoms with Crippen molar-refractivity contribution in [1.29, 1.82) is 0 Å². The van der Waals surface area contributed by atoms with Crippen LogP contribution in [0.4, 0.5) is 0 Å². The summed E-state index contributed by atoms with van der Waals surface area (Å²) >= 11 is 0. The summed E-state index contributed by atoms with van der Waals surface area (Å²) in [6, 6.07) is 18.3. The number of benzene rings is 2. The van der Waals surface area contributed by atoms with Crippen molar-refractivity contribution < 1.29 is 14.4 Å². The molecular formula is C26H28N4O3. The SMILES string of the molecule is COc1ccc2c3c(n(C)c2c1)[C@@H](CO)NCC31CN(Cc2cc(-c3ccccc3)on2)C1. The Morgan fingerprint density at radius 3 is 2.76 bits per heavy atom. The summed E-state index contributed by atoms with van der Waals surface area (Å²) in [6.07, 6.45) is 0. The van der Waals surface area contributed by atoms with Crippen LogP contribution >= 0.6 is 0 Å². The van der Waals surface area contributed by atoms with E-state index in [1.54, 1.807) is 7.11 Å². The van der Waals surface area contributed by atoms with Gasteiger partial charge in [-0.25, -0.2) is 0 Å². The van der Waals surface area contributed by atoms with E-state index in [2.05, 4.69) is 39.1 Å². The molecule has 2 aliphatic rings. The van der Waals surface area contributed by atoms with Gasteiger partial charge in [0.15, 0.2) is 5.76 Å². The van der Waals surface area contributed by atoms with E-state index < -0.39 is 0 Å². The van der Waals surface area contributed by atoms with Crippen LogP contribution in [0, 0.1) is 0 Å². The maximum atomic E-state index is 10.1. The number of aromatic nitrogens is 2. The Morgan fingerprint density at radius 2 is 2.00 bits per heavy atom. The van der Waals surface area contributed by atoms with Gasteiger partial charge in [0.05, 0.1) is 31.0 Å². The minimum atomic E-state index is -0.0629. The number of aryl methyl sites for hydroxylation is 1. The number of rotatable bonds is 5. The normalized spacial score (nSPS) is 19.5. The van der Waals surface area contributed by atoms with Gasteiger partial charge in [-0.1, -0.05) is 35.5 Å². The van der Waals surface area contributed by atoms with E-state index >= 15 is 0 Å². The molecule has 1 saturated heterocycles. The van der Waals surface area contributed by atoms with Crippen molar-refractivity contribution in [3.05, 3.63) is 71.5 Å². The highest BCUT2D eigenvalue weighted by molar-refractivity contribution is 5.89. The second kappa shape index (κ2) is 7.73. The van der Waals surface area contributed by atoms with Crippen molar-refractivity contribution in [1.82, 2.24) is 19.9 Å². The van der Waals surface area contributed by atoms with Gasteiger partial charge in [-0.3, -0.25) is 4.90 Å². The van der Waals surface area contributed by atoms with Gasteiger partial charge in [0.1, 0.15) is 5.75 Å². The summed E-state index contributed by atoms with van der Waals surface area (Å²) in [4.78, 5) is 2.42. The monoisotopic (exact) mass is 444 g/mol. The molecule has 0 saturated carbocycles. The van der Waals surface area contributed by atoms with Gasteiger partial charge in [-0.05, 0) is 17.7 Å². The van der Waals surface area contributed by atoms with Gasteiger partial charge in [0, 0.05) is 67.4 Å². The van der Waals surface area contributed by atoms with Gasteiger partial charge in [-0.2, -0.15) is 0 Å². The fourth-order valence-electron chi connectivity index (χ4n) is 5.73. The van der Waals surface area contributed by atoms with E-state index in [4.69, 9.17) is 9.26 Å². The molecule has 6 rings (SSSR count). The summed E-state index contributed by atoms with van der Waals surface area (Å²) in [5.74, 6) is 1.65. The lowest BCUT2D eigenvalue weighted by atomic mass is 9.69. The highest BCUT2D eigenvalue weighted by atomic mass is 16.5. The maximum absolute atomic E-state index is 10.1. The van der Waals surface area contributed by atoms with Crippen LogP contribution in [0.3, 0.4) is 0 Å². The number of hydrogen-bond donors (Lipinski definition) is 2. The molecule has 2 N–H and O–H groups in total. The van der Waals surface area contributed by atoms with Crippen molar-refractivity contribution in [3.8, 4) is 17.1 Å². The van der Waals surface area contributed by atoms with Crippen molar-refractivity contribution >= 4 is 10.9 Å². The molecule has 0 unspecified atom stereocenters. The average molecular weight is 445 g/mol. The van der Waals surface area contributed by atoms with Crippen LogP contribution in [-0.2, 0) is 19.0 Å². The first-order valence-electron chi connectivity index (χ1n) is 11.4. The summed E-state index contributed by atoms with van der Waals surface area (Å²) in [6.45, 7) is 3.55. The van der Waals surface area contributed by atoms with Crippen LogP contribution in [0.25, 0.3) is 22.2 Å². The van der Waals surface area contributed by atoms with Crippen LogP contribution in [-0.4, -0.2) is 53.1 Å². The number of fused-ring (bicyclic) bond motifs is 4. The van der Waals surface area contributed by atoms with E-state index in [0.29, 0.717) is 0 Å². The number of likely N-dealkylation sites (tertiary alicyclic amines) is 1. The lowest BCUT2D eigenvalue weighted by molar-refractivity contribution is 0.0426. The zero-order chi connectivity index (χ0) is 22.6. The van der Waals surface area contributed by atoms with Crippen molar-refractivity contribution in [2.75, 3.05) is 33.4 Å². The first kappa shape index (κ1) is 20.5. The first-order chi connectivity index (χ1) is 16.1. The lowest BCUT2D eigenvalue weighted by Gasteiger charge is -2.53. The van der Waals surface area contributed by atoms with Crippen molar-refractivity contribution in [3.63, 3.8) is 0 Å². The summed E-state index contributed by atoms with van der Waals surface area (Å²) < 4.78 is 13.3. The van der Waals surface area contributed by atoms with E-state index in [-0.39, 0.29) is 18.1 Å². The Kier molecular flexibility index (Phi) is 4.79. The second-order valence-electron chi connectivity index (χ2n) is 9.29. The molecule has 2 aromatic carbocycles. The topological polar surface area (TPSA) is 75.7 Å². The minimum Gasteiger partial charge on any atom is -0.497 e. The molecule has 1 atom stereocenters. The number of aliphatic hydroxyl groups excluding tert-OH is 1. The van der Waals surface area contributed by atoms with Gasteiger partial charge in [-0.15, -0.1) is 0 Å². The zero-order valence-corrected chi connectivity index (χ0v) is 18.9. The molecule has 1 spiro atoms. The summed E-state index contributed by atoms with van der Waals surface area (Å²) in [5.41, 5.74) is 5.69. The second-order valence-corrected chi connectivity index (χ2v) is 9.29. The van der Waals surface area contributed by atoms with Crippen LogP contribution < -0.4 is 10.1 Å². The molecule has 4 aromatic rings. The molecule has 4 heterocycles. The highest BCUT2D eigenvalue weighted by Gasteiger charge is 2.50. The molecule has 0 amide bonds. The molecule has 7 nitrogen and oxygen atoms in total. The first-order valence-corrected chi connectivity index (χ1v) is 11.4. The third kappa shape index (κ3) is 3.19. The fourth-order valence-corrected chi connectivity index (χ4v) is 5.73. The third-order valence-electron chi connectivity index (χ3n) is 7.24.